The summed E-state index contributed by atoms with van der Waals surface area (Å²) in [6.45, 7) is 6.28. The summed E-state index contributed by atoms with van der Waals surface area (Å²) in [7, 11) is 0. The van der Waals surface area contributed by atoms with Crippen LogP contribution in [0.4, 0.5) is 5.82 Å². The number of anilines is 1. The minimum Gasteiger partial charge on any atom is -0.478 e. The van der Waals surface area contributed by atoms with E-state index in [2.05, 4.69) is 14.9 Å². The molecular weight excluding hydrogens is 308 g/mol. The van der Waals surface area contributed by atoms with E-state index in [0.717, 1.165) is 50.4 Å². The molecule has 3 heterocycles. The minimum atomic E-state index is -0.397. The van der Waals surface area contributed by atoms with Gasteiger partial charge < -0.3 is 20.1 Å². The molecule has 2 aliphatic heterocycles. The van der Waals surface area contributed by atoms with Gasteiger partial charge in [-0.2, -0.15) is 4.98 Å². The number of nitrogens with two attached hydrogens (primary N) is 1. The van der Waals surface area contributed by atoms with Crippen LogP contribution in [0.5, 0.6) is 5.88 Å². The Morgan fingerprint density at radius 3 is 2.71 bits per heavy atom. The van der Waals surface area contributed by atoms with E-state index < -0.39 is 6.10 Å². The Balaban J connectivity index is 1.58. The molecule has 7 nitrogen and oxygen atoms in total. The van der Waals surface area contributed by atoms with Crippen molar-refractivity contribution in [2.24, 2.45) is 11.7 Å². The van der Waals surface area contributed by atoms with Gasteiger partial charge in [-0.15, -0.1) is 0 Å². The van der Waals surface area contributed by atoms with Crippen molar-refractivity contribution in [2.45, 2.75) is 51.7 Å². The minimum absolute atomic E-state index is 0.163. The van der Waals surface area contributed by atoms with E-state index in [0.29, 0.717) is 18.4 Å². The van der Waals surface area contributed by atoms with Gasteiger partial charge >= 0.3 is 0 Å². The van der Waals surface area contributed by atoms with Gasteiger partial charge in [0.25, 0.3) is 0 Å². The first-order valence-corrected chi connectivity index (χ1v) is 8.75. The third-order valence-corrected chi connectivity index (χ3v) is 4.85. The van der Waals surface area contributed by atoms with Crippen LogP contribution in [0, 0.1) is 12.8 Å². The molecular formula is C17H26N4O3. The highest BCUT2D eigenvalue weighted by Gasteiger charge is 2.36. The molecule has 2 N–H and O–H groups in total. The fourth-order valence-corrected chi connectivity index (χ4v) is 3.63. The molecule has 3 rings (SSSR count). The molecule has 24 heavy (non-hydrogen) atoms. The number of carbonyl (C=O) groups excluding carboxylic acids is 1. The average Bonchev–Trinajstić information content (AvgIpc) is 3.05. The summed E-state index contributed by atoms with van der Waals surface area (Å²) in [4.78, 5) is 22.4. The molecule has 1 aromatic heterocycles. The summed E-state index contributed by atoms with van der Waals surface area (Å²) < 4.78 is 11.3. The molecule has 1 aromatic rings. The van der Waals surface area contributed by atoms with Crippen LogP contribution in [0.2, 0.25) is 0 Å². The Hall–Kier alpha value is -1.89. The van der Waals surface area contributed by atoms with Gasteiger partial charge in [0.05, 0.1) is 12.7 Å². The molecule has 2 aliphatic rings. The van der Waals surface area contributed by atoms with Crippen molar-refractivity contribution in [1.82, 2.24) is 9.97 Å². The summed E-state index contributed by atoms with van der Waals surface area (Å²) >= 11 is 0. The highest BCUT2D eigenvalue weighted by atomic mass is 16.5. The highest BCUT2D eigenvalue weighted by molar-refractivity contribution is 5.79. The Labute approximate surface area is 142 Å². The maximum absolute atomic E-state index is 11.2. The SMILES string of the molecule is CCOc1cc(N2CCC([C@@H]3CC[C@H](C(N)=O)O3)CC2)nc(C)n1. The van der Waals surface area contributed by atoms with E-state index in [1.165, 1.54) is 0 Å². The Kier molecular flexibility index (Phi) is 5.18. The van der Waals surface area contributed by atoms with Crippen LogP contribution in [0.1, 0.15) is 38.4 Å². The number of hydrogen-bond acceptors (Lipinski definition) is 6. The number of nitrogens with zero attached hydrogens (tertiary/aromatic N) is 3. The molecule has 2 saturated heterocycles. The quantitative estimate of drug-likeness (QED) is 0.876. The van der Waals surface area contributed by atoms with Crippen molar-refractivity contribution >= 4 is 11.7 Å². The van der Waals surface area contributed by atoms with Gasteiger partial charge in [-0.3, -0.25) is 4.79 Å². The van der Waals surface area contributed by atoms with Crippen molar-refractivity contribution in [3.05, 3.63) is 11.9 Å². The van der Waals surface area contributed by atoms with Gasteiger partial charge in [-0.05, 0) is 45.4 Å². The normalized spacial score (nSPS) is 25.0. The average molecular weight is 334 g/mol. The van der Waals surface area contributed by atoms with Crippen LogP contribution >= 0.6 is 0 Å². The number of amides is 1. The number of piperidine rings is 1. The van der Waals surface area contributed by atoms with Gasteiger partial charge in [0.2, 0.25) is 11.8 Å². The van der Waals surface area contributed by atoms with Crippen LogP contribution in [-0.2, 0) is 9.53 Å². The van der Waals surface area contributed by atoms with Gasteiger partial charge in [0.1, 0.15) is 17.7 Å². The molecule has 0 unspecified atom stereocenters. The fraction of sp³-hybridized carbons (Fsp3) is 0.706. The lowest BCUT2D eigenvalue weighted by atomic mass is 9.90. The molecule has 132 valence electrons. The number of aryl methyl sites for hydroxylation is 1. The smallest absolute Gasteiger partial charge is 0.246 e. The summed E-state index contributed by atoms with van der Waals surface area (Å²) in [5, 5.41) is 0. The van der Waals surface area contributed by atoms with Crippen molar-refractivity contribution in [2.75, 3.05) is 24.6 Å². The summed E-state index contributed by atoms with van der Waals surface area (Å²) in [5.74, 6) is 2.42. The number of aromatic nitrogens is 2. The predicted molar refractivity (Wildman–Crippen MR) is 90.0 cm³/mol. The van der Waals surface area contributed by atoms with E-state index in [1.54, 1.807) is 0 Å². The van der Waals surface area contributed by atoms with Crippen molar-refractivity contribution < 1.29 is 14.3 Å². The monoisotopic (exact) mass is 334 g/mol. The van der Waals surface area contributed by atoms with Crippen LogP contribution in [0.25, 0.3) is 0 Å². The molecule has 0 bridgehead atoms. The van der Waals surface area contributed by atoms with Crippen molar-refractivity contribution in [3.63, 3.8) is 0 Å². The van der Waals surface area contributed by atoms with Crippen molar-refractivity contribution in [1.29, 1.82) is 0 Å². The Morgan fingerprint density at radius 2 is 2.08 bits per heavy atom. The van der Waals surface area contributed by atoms with E-state index in [4.69, 9.17) is 15.2 Å². The lowest BCUT2D eigenvalue weighted by Gasteiger charge is -2.35. The molecule has 0 spiro atoms. The molecule has 0 saturated carbocycles. The molecule has 2 atom stereocenters. The Morgan fingerprint density at radius 1 is 1.33 bits per heavy atom. The molecule has 0 aliphatic carbocycles. The summed E-state index contributed by atoms with van der Waals surface area (Å²) in [6.07, 6.45) is 3.51. The number of ether oxygens (including phenoxy) is 2. The number of hydrogen-bond donors (Lipinski definition) is 1. The van der Waals surface area contributed by atoms with Gasteiger partial charge in [0, 0.05) is 19.2 Å². The molecule has 2 fully saturated rings. The zero-order chi connectivity index (χ0) is 17.1. The molecule has 1 amide bonds. The summed E-state index contributed by atoms with van der Waals surface area (Å²) in [6, 6.07) is 1.91. The van der Waals surface area contributed by atoms with Crippen LogP contribution in [0.3, 0.4) is 0 Å². The second kappa shape index (κ2) is 7.34. The molecule has 7 heteroatoms. The van der Waals surface area contributed by atoms with Gasteiger partial charge in [-0.25, -0.2) is 4.98 Å². The lowest BCUT2D eigenvalue weighted by Crippen LogP contribution is -2.39. The topological polar surface area (TPSA) is 90.6 Å². The fourth-order valence-electron chi connectivity index (χ4n) is 3.63. The van der Waals surface area contributed by atoms with E-state index in [-0.39, 0.29) is 12.0 Å². The van der Waals surface area contributed by atoms with E-state index in [1.807, 2.05) is 19.9 Å². The maximum atomic E-state index is 11.2. The van der Waals surface area contributed by atoms with Crippen LogP contribution in [0.15, 0.2) is 6.07 Å². The second-order valence-electron chi connectivity index (χ2n) is 6.51. The van der Waals surface area contributed by atoms with Gasteiger partial charge in [0.15, 0.2) is 0 Å². The number of rotatable bonds is 5. The molecule has 0 aromatic carbocycles. The van der Waals surface area contributed by atoms with E-state index >= 15 is 0 Å². The second-order valence-corrected chi connectivity index (χ2v) is 6.51. The largest absolute Gasteiger partial charge is 0.478 e. The van der Waals surface area contributed by atoms with Gasteiger partial charge in [-0.1, -0.05) is 0 Å². The highest BCUT2D eigenvalue weighted by Crippen LogP contribution is 2.33. The summed E-state index contributed by atoms with van der Waals surface area (Å²) in [5.41, 5.74) is 5.34. The number of primary amides is 1. The zero-order valence-corrected chi connectivity index (χ0v) is 14.4. The third-order valence-electron chi connectivity index (χ3n) is 4.85. The van der Waals surface area contributed by atoms with Crippen molar-refractivity contribution in [3.8, 4) is 5.88 Å². The first kappa shape index (κ1) is 17.0. The standard InChI is InChI=1S/C17H26N4O3/c1-3-23-16-10-15(19-11(2)20-16)21-8-6-12(7-9-21)13-4-5-14(24-13)17(18)22/h10,12-14H,3-9H2,1-2H3,(H2,18,22)/t13-,14+/m0/s1. The predicted octanol–water partition coefficient (Wildman–Crippen LogP) is 1.43. The maximum Gasteiger partial charge on any atom is 0.246 e. The first-order valence-electron chi connectivity index (χ1n) is 8.75. The van der Waals surface area contributed by atoms with E-state index in [9.17, 15) is 4.79 Å². The third kappa shape index (κ3) is 3.77. The molecule has 0 radical (unpaired) electrons. The lowest BCUT2D eigenvalue weighted by molar-refractivity contribution is -0.130. The number of carbonyl (C=O) groups is 1. The zero-order valence-electron chi connectivity index (χ0n) is 14.4. The van der Waals surface area contributed by atoms with Crippen LogP contribution in [-0.4, -0.2) is 47.8 Å². The van der Waals surface area contributed by atoms with Crippen LogP contribution < -0.4 is 15.4 Å². The Bertz CT molecular complexity index is 587. The first-order chi connectivity index (χ1) is 11.6.